The number of carbonyl (C=O) groups excluding carboxylic acids is 2. The van der Waals surface area contributed by atoms with E-state index in [0.29, 0.717) is 42.5 Å². The first-order valence-corrected chi connectivity index (χ1v) is 15.2. The van der Waals surface area contributed by atoms with Gasteiger partial charge in [-0.3, -0.25) is 9.59 Å². The second kappa shape index (κ2) is 14.3. The lowest BCUT2D eigenvalue weighted by Crippen LogP contribution is -2.52. The zero-order valence-electron chi connectivity index (χ0n) is 25.3. The van der Waals surface area contributed by atoms with Crippen LogP contribution in [0.25, 0.3) is 21.8 Å². The molecule has 0 saturated carbocycles. The van der Waals surface area contributed by atoms with Crippen molar-refractivity contribution in [2.45, 2.75) is 44.9 Å². The molecule has 2 heterocycles. The Morgan fingerprint density at radius 3 is 2.64 bits per heavy atom. The lowest BCUT2D eigenvalue weighted by Gasteiger charge is -2.28. The highest BCUT2D eigenvalue weighted by Crippen LogP contribution is 2.35. The molecule has 0 saturated heterocycles. The molecule has 11 nitrogen and oxygen atoms in total. The molecule has 5 rings (SSSR count). The fraction of sp³-hybridized carbons (Fsp3) is 0.364. The summed E-state index contributed by atoms with van der Waals surface area (Å²) in [7, 11) is 0. The van der Waals surface area contributed by atoms with Crippen LogP contribution >= 0.6 is 11.6 Å². The van der Waals surface area contributed by atoms with Crippen LogP contribution in [0.1, 0.15) is 32.3 Å². The molecule has 0 radical (unpaired) electrons. The number of hydrogen-bond acceptors (Lipinski definition) is 8. The quantitative estimate of drug-likeness (QED) is 0.143. The Bertz CT molecular complexity index is 1720. The number of β-amino-alcohol motifs (C(OH)–C–C–N with tert-alkyl or cyclic N) is 1. The monoisotopic (exact) mass is 635 g/mol. The number of para-hydroxylation sites is 1. The molecule has 0 bridgehead atoms. The number of fused-ring (bicyclic) bond motifs is 3. The molecule has 1 aliphatic rings. The minimum Gasteiger partial charge on any atom is -0.490 e. The molecule has 1 unspecified atom stereocenters. The van der Waals surface area contributed by atoms with Crippen molar-refractivity contribution in [3.8, 4) is 11.5 Å². The third kappa shape index (κ3) is 7.93. The van der Waals surface area contributed by atoms with Gasteiger partial charge in [-0.15, -0.1) is 0 Å². The van der Waals surface area contributed by atoms with Crippen molar-refractivity contribution in [2.75, 3.05) is 32.9 Å². The first-order chi connectivity index (χ1) is 21.6. The Kier molecular flexibility index (Phi) is 10.2. The van der Waals surface area contributed by atoms with Crippen LogP contribution in [0.3, 0.4) is 0 Å². The molecule has 1 aromatic heterocycles. The smallest absolute Gasteiger partial charge is 0.258 e. The molecule has 5 N–H and O–H groups in total. The topological polar surface area (TPSA) is 146 Å². The summed E-state index contributed by atoms with van der Waals surface area (Å²) in [6.45, 7) is 4.73. The van der Waals surface area contributed by atoms with Gasteiger partial charge in [0.1, 0.15) is 24.2 Å². The molecule has 0 spiro atoms. The predicted octanol–water partition coefficient (Wildman–Crippen LogP) is 3.36. The second-order valence-electron chi connectivity index (χ2n) is 11.6. The summed E-state index contributed by atoms with van der Waals surface area (Å²) in [4.78, 5) is 23.8. The van der Waals surface area contributed by atoms with Crippen molar-refractivity contribution in [3.63, 3.8) is 0 Å². The third-order valence-electron chi connectivity index (χ3n) is 7.59. The Morgan fingerprint density at radius 1 is 1.09 bits per heavy atom. The van der Waals surface area contributed by atoms with E-state index in [1.165, 1.54) is 0 Å². The molecule has 3 aromatic carbocycles. The van der Waals surface area contributed by atoms with E-state index >= 15 is 0 Å². The number of hydrogen-bond donors (Lipinski definition) is 5. The number of amides is 2. The van der Waals surface area contributed by atoms with Crippen molar-refractivity contribution in [1.29, 1.82) is 0 Å². The Balaban J connectivity index is 1.08. The van der Waals surface area contributed by atoms with Crippen LogP contribution in [0.4, 0.5) is 0 Å². The van der Waals surface area contributed by atoms with Crippen LogP contribution in [-0.2, 0) is 16.1 Å². The third-order valence-corrected chi connectivity index (χ3v) is 7.88. The summed E-state index contributed by atoms with van der Waals surface area (Å²) in [6.07, 6.45) is 0.0850. The number of ether oxygens (including phenoxy) is 2. The van der Waals surface area contributed by atoms with Crippen molar-refractivity contribution < 1.29 is 29.3 Å². The maximum atomic E-state index is 12.5. The average Bonchev–Trinajstić information content (AvgIpc) is 3.36. The summed E-state index contributed by atoms with van der Waals surface area (Å²) in [5.41, 5.74) is 5.42. The van der Waals surface area contributed by atoms with Gasteiger partial charge in [-0.05, 0) is 55.8 Å². The van der Waals surface area contributed by atoms with E-state index in [0.717, 1.165) is 33.1 Å². The highest BCUT2D eigenvalue weighted by atomic mass is 35.5. The highest BCUT2D eigenvalue weighted by molar-refractivity contribution is 6.32. The number of nitrogens with one attached hydrogen (secondary N) is 3. The first kappa shape index (κ1) is 32.2. The summed E-state index contributed by atoms with van der Waals surface area (Å²) in [5, 5.41) is 32.8. The average molecular weight is 636 g/mol. The molecule has 238 valence electrons. The van der Waals surface area contributed by atoms with Gasteiger partial charge < -0.3 is 34.9 Å². The van der Waals surface area contributed by atoms with Crippen LogP contribution in [0.15, 0.2) is 65.8 Å². The van der Waals surface area contributed by atoms with Crippen molar-refractivity contribution >= 4 is 50.9 Å². The fourth-order valence-electron chi connectivity index (χ4n) is 5.22. The zero-order chi connectivity index (χ0) is 32.0. The van der Waals surface area contributed by atoms with E-state index < -0.39 is 11.6 Å². The van der Waals surface area contributed by atoms with Gasteiger partial charge in [0.05, 0.1) is 22.9 Å². The zero-order valence-corrected chi connectivity index (χ0v) is 26.1. The van der Waals surface area contributed by atoms with Crippen LogP contribution < -0.4 is 25.5 Å². The number of carbonyl (C=O) groups is 2. The van der Waals surface area contributed by atoms with Crippen molar-refractivity contribution in [3.05, 3.63) is 71.2 Å². The Labute approximate surface area is 266 Å². The molecule has 1 aliphatic heterocycles. The standard InChI is InChI=1S/C33H38ClN5O6/c1-33(2,20-35-31(43)19-45-28-12-10-21(16-24(28)34)25-11-13-30(42)38-37-25)36-17-22(41)18-44-29-9-5-8-27-32(29)23-6-3-4-7-26(23)39(27)14-15-40/h3-10,12,16,22,36,40-41H,11,13-15,17-20H2,1-2H3,(H,35,43)(H,38,42). The lowest BCUT2D eigenvalue weighted by molar-refractivity contribution is -0.123. The summed E-state index contributed by atoms with van der Waals surface area (Å²) >= 11 is 6.36. The van der Waals surface area contributed by atoms with Crippen LogP contribution in [0, 0.1) is 0 Å². The molecule has 4 aromatic rings. The summed E-state index contributed by atoms with van der Waals surface area (Å²) < 4.78 is 13.8. The Hall–Kier alpha value is -4.16. The first-order valence-electron chi connectivity index (χ1n) is 14.9. The van der Waals surface area contributed by atoms with Crippen LogP contribution in [-0.4, -0.2) is 76.9 Å². The van der Waals surface area contributed by atoms with Gasteiger partial charge in [0.2, 0.25) is 5.91 Å². The lowest BCUT2D eigenvalue weighted by atomic mass is 10.0. The number of halogens is 1. The molecule has 0 aliphatic carbocycles. The highest BCUT2D eigenvalue weighted by Gasteiger charge is 2.21. The number of nitrogens with zero attached hydrogens (tertiary/aromatic N) is 2. The van der Waals surface area contributed by atoms with E-state index in [9.17, 15) is 19.8 Å². The molecule has 12 heteroatoms. The molecular formula is C33H38ClN5O6. The largest absolute Gasteiger partial charge is 0.490 e. The minimum absolute atomic E-state index is 0.0230. The van der Waals surface area contributed by atoms with E-state index in [2.05, 4.69) is 25.7 Å². The molecule has 2 amide bonds. The number of aromatic nitrogens is 1. The van der Waals surface area contributed by atoms with E-state index in [1.54, 1.807) is 18.2 Å². The minimum atomic E-state index is -0.801. The summed E-state index contributed by atoms with van der Waals surface area (Å²) in [6, 6.07) is 18.9. The molecule has 0 fully saturated rings. The normalized spacial score (nSPS) is 14.2. The molecule has 1 atom stereocenters. The Morgan fingerprint density at radius 2 is 1.89 bits per heavy atom. The van der Waals surface area contributed by atoms with Gasteiger partial charge in [0.25, 0.3) is 5.91 Å². The van der Waals surface area contributed by atoms with Gasteiger partial charge >= 0.3 is 0 Å². The number of rotatable bonds is 14. The number of aliphatic hydroxyl groups is 2. The maximum Gasteiger partial charge on any atom is 0.258 e. The predicted molar refractivity (Wildman–Crippen MR) is 174 cm³/mol. The number of hydrazone groups is 1. The maximum absolute atomic E-state index is 12.5. The van der Waals surface area contributed by atoms with Gasteiger partial charge in [-0.25, -0.2) is 5.43 Å². The van der Waals surface area contributed by atoms with Crippen molar-refractivity contribution in [1.82, 2.24) is 20.6 Å². The van der Waals surface area contributed by atoms with Gasteiger partial charge in [-0.1, -0.05) is 35.9 Å². The van der Waals surface area contributed by atoms with Crippen molar-refractivity contribution in [2.24, 2.45) is 5.10 Å². The number of aliphatic hydroxyl groups excluding tert-OH is 2. The van der Waals surface area contributed by atoms with Crippen LogP contribution in [0.5, 0.6) is 11.5 Å². The van der Waals surface area contributed by atoms with Crippen LogP contribution in [0.2, 0.25) is 5.02 Å². The molecular weight excluding hydrogens is 598 g/mol. The van der Waals surface area contributed by atoms with E-state index in [-0.39, 0.29) is 38.2 Å². The fourth-order valence-corrected chi connectivity index (χ4v) is 5.46. The number of benzene rings is 3. The second-order valence-corrected chi connectivity index (χ2v) is 12.0. The van der Waals surface area contributed by atoms with Gasteiger partial charge in [0.15, 0.2) is 6.61 Å². The van der Waals surface area contributed by atoms with Gasteiger partial charge in [0, 0.05) is 54.3 Å². The van der Waals surface area contributed by atoms with E-state index in [4.69, 9.17) is 21.1 Å². The summed E-state index contributed by atoms with van der Waals surface area (Å²) in [5.74, 6) is 0.591. The van der Waals surface area contributed by atoms with Gasteiger partial charge in [-0.2, -0.15) is 5.10 Å². The molecule has 45 heavy (non-hydrogen) atoms. The van der Waals surface area contributed by atoms with E-state index in [1.807, 2.05) is 56.3 Å². The SMILES string of the molecule is CC(C)(CNC(=O)COc1ccc(C2=NNC(=O)CC2)cc1Cl)NCC(O)COc1cccc2c1c1ccccc1n2CCO.